The van der Waals surface area contributed by atoms with Crippen LogP contribution in [0.3, 0.4) is 0 Å². The topological polar surface area (TPSA) is 155 Å². The minimum atomic E-state index is -0.975. The number of anilines is 2. The average Bonchev–Trinajstić information content (AvgIpc) is 3.32. The van der Waals surface area contributed by atoms with Gasteiger partial charge in [0.15, 0.2) is 0 Å². The number of piperazine rings is 1. The molecule has 1 aliphatic carbocycles. The lowest BCUT2D eigenvalue weighted by atomic mass is 10.0. The molecule has 296 valence electrons. The van der Waals surface area contributed by atoms with E-state index in [1.807, 2.05) is 30.3 Å². The number of fused-ring (bicyclic) bond motifs is 1. The Kier molecular flexibility index (Phi) is 11.2. The highest BCUT2D eigenvalue weighted by Crippen LogP contribution is 2.32. The van der Waals surface area contributed by atoms with E-state index < -0.39 is 29.7 Å². The Labute approximate surface area is 336 Å². The summed E-state index contributed by atoms with van der Waals surface area (Å²) in [5, 5.41) is 15.0. The number of halogens is 1. The third kappa shape index (κ3) is 8.20. The maximum atomic E-state index is 13.3. The van der Waals surface area contributed by atoms with Gasteiger partial charge in [-0.3, -0.25) is 39.1 Å². The SMILES string of the molecule is N#Cc1ccc(OC2CCCC(NC(=O)c3ccc(N4CCC(N5CCN(c6ccc7c(c6)C(=O)N(C6CCC(=O)NC6=O)C7=O)CC5)CC4)cc3)CC2)cc1Cl. The van der Waals surface area contributed by atoms with Crippen molar-refractivity contribution in [3.8, 4) is 11.8 Å². The Balaban J connectivity index is 0.779. The molecule has 3 unspecified atom stereocenters. The molecular formula is C43H46ClN7O6. The van der Waals surface area contributed by atoms with Crippen LogP contribution in [0.25, 0.3) is 0 Å². The number of benzene rings is 3. The highest BCUT2D eigenvalue weighted by atomic mass is 35.5. The Morgan fingerprint density at radius 2 is 1.49 bits per heavy atom. The predicted molar refractivity (Wildman–Crippen MR) is 213 cm³/mol. The van der Waals surface area contributed by atoms with E-state index in [0.717, 1.165) is 100 Å². The summed E-state index contributed by atoms with van der Waals surface area (Å²) in [5.74, 6) is -1.38. The van der Waals surface area contributed by atoms with Gasteiger partial charge in [0.2, 0.25) is 11.8 Å². The molecule has 0 aromatic heterocycles. The molecule has 4 aliphatic heterocycles. The number of carbonyl (C=O) groups is 5. The summed E-state index contributed by atoms with van der Waals surface area (Å²) in [6.45, 7) is 5.24. The normalized spacial score (nSPS) is 23.4. The van der Waals surface area contributed by atoms with Crippen molar-refractivity contribution in [3.63, 3.8) is 0 Å². The van der Waals surface area contributed by atoms with E-state index in [-0.39, 0.29) is 30.9 Å². The maximum absolute atomic E-state index is 13.3. The molecule has 13 nitrogen and oxygen atoms in total. The van der Waals surface area contributed by atoms with Gasteiger partial charge in [-0.1, -0.05) is 11.6 Å². The van der Waals surface area contributed by atoms with Crippen LogP contribution < -0.4 is 25.2 Å². The third-order valence-corrected chi connectivity index (χ3v) is 12.5. The Hall–Kier alpha value is -5.45. The Bertz CT molecular complexity index is 2100. The van der Waals surface area contributed by atoms with Crippen LogP contribution in [0, 0.1) is 11.3 Å². The number of piperidine rings is 2. The first-order valence-electron chi connectivity index (χ1n) is 20.0. The summed E-state index contributed by atoms with van der Waals surface area (Å²) in [4.78, 5) is 71.9. The number of carbonyl (C=O) groups excluding carboxylic acids is 5. The van der Waals surface area contributed by atoms with Gasteiger partial charge in [0, 0.05) is 80.8 Å². The molecule has 3 aromatic carbocycles. The highest BCUT2D eigenvalue weighted by molar-refractivity contribution is 6.31. The molecule has 57 heavy (non-hydrogen) atoms. The average molecular weight is 792 g/mol. The molecule has 3 saturated heterocycles. The number of amides is 5. The lowest BCUT2D eigenvalue weighted by Gasteiger charge is -2.44. The fourth-order valence-corrected chi connectivity index (χ4v) is 9.18. The monoisotopic (exact) mass is 791 g/mol. The smallest absolute Gasteiger partial charge is 0.262 e. The number of nitrogens with one attached hydrogen (secondary N) is 2. The van der Waals surface area contributed by atoms with Crippen molar-refractivity contribution in [2.24, 2.45) is 0 Å². The first kappa shape index (κ1) is 38.4. The summed E-state index contributed by atoms with van der Waals surface area (Å²) in [6, 6.07) is 20.1. The zero-order valence-electron chi connectivity index (χ0n) is 31.8. The predicted octanol–water partition coefficient (Wildman–Crippen LogP) is 4.91. The number of nitrogens with zero attached hydrogens (tertiary/aromatic N) is 5. The zero-order chi connectivity index (χ0) is 39.6. The molecule has 0 spiro atoms. The number of rotatable bonds is 8. The van der Waals surface area contributed by atoms with Crippen LogP contribution in [-0.4, -0.2) is 103 Å². The molecule has 4 fully saturated rings. The summed E-state index contributed by atoms with van der Waals surface area (Å²) < 4.78 is 6.18. The van der Waals surface area contributed by atoms with Crippen LogP contribution in [0.1, 0.15) is 94.4 Å². The van der Waals surface area contributed by atoms with E-state index >= 15 is 0 Å². The summed E-state index contributed by atoms with van der Waals surface area (Å²) in [7, 11) is 0. The van der Waals surface area contributed by atoms with Crippen LogP contribution in [0.2, 0.25) is 5.02 Å². The van der Waals surface area contributed by atoms with E-state index in [1.165, 1.54) is 0 Å². The van der Waals surface area contributed by atoms with E-state index in [1.54, 1.807) is 30.3 Å². The highest BCUT2D eigenvalue weighted by Gasteiger charge is 2.45. The fourth-order valence-electron chi connectivity index (χ4n) is 8.96. The van der Waals surface area contributed by atoms with Gasteiger partial charge in [0.05, 0.1) is 27.8 Å². The summed E-state index contributed by atoms with van der Waals surface area (Å²) >= 11 is 6.18. The lowest BCUT2D eigenvalue weighted by molar-refractivity contribution is -0.136. The van der Waals surface area contributed by atoms with Crippen molar-refractivity contribution in [3.05, 3.63) is 87.9 Å². The molecule has 0 bridgehead atoms. The maximum Gasteiger partial charge on any atom is 0.262 e. The number of hydrogen-bond acceptors (Lipinski definition) is 10. The van der Waals surface area contributed by atoms with Crippen molar-refractivity contribution < 1.29 is 28.7 Å². The van der Waals surface area contributed by atoms with Gasteiger partial charge in [0.25, 0.3) is 17.7 Å². The fraction of sp³-hybridized carbons (Fsp3) is 0.442. The Morgan fingerprint density at radius 1 is 0.772 bits per heavy atom. The molecule has 3 aromatic rings. The molecule has 2 N–H and O–H groups in total. The van der Waals surface area contributed by atoms with Crippen LogP contribution >= 0.6 is 11.6 Å². The van der Waals surface area contributed by atoms with Crippen LogP contribution in [0.4, 0.5) is 11.4 Å². The van der Waals surface area contributed by atoms with Gasteiger partial charge in [0.1, 0.15) is 17.9 Å². The summed E-state index contributed by atoms with van der Waals surface area (Å²) in [5.41, 5.74) is 3.68. The van der Waals surface area contributed by atoms with Gasteiger partial charge in [-0.25, -0.2) is 0 Å². The number of imide groups is 2. The van der Waals surface area contributed by atoms with E-state index in [4.69, 9.17) is 21.6 Å². The molecule has 3 atom stereocenters. The molecule has 0 radical (unpaired) electrons. The molecule has 5 amide bonds. The summed E-state index contributed by atoms with van der Waals surface area (Å²) in [6.07, 6.45) is 6.72. The quantitative estimate of drug-likeness (QED) is 0.238. The van der Waals surface area contributed by atoms with Crippen molar-refractivity contribution in [2.45, 2.75) is 82.0 Å². The van der Waals surface area contributed by atoms with Crippen LogP contribution in [-0.2, 0) is 9.59 Å². The second-order valence-electron chi connectivity index (χ2n) is 15.6. The van der Waals surface area contributed by atoms with E-state index in [2.05, 4.69) is 31.4 Å². The number of hydrogen-bond donors (Lipinski definition) is 2. The first-order valence-corrected chi connectivity index (χ1v) is 20.4. The third-order valence-electron chi connectivity index (χ3n) is 12.2. The van der Waals surface area contributed by atoms with E-state index in [9.17, 15) is 24.0 Å². The molecule has 5 aliphatic rings. The second-order valence-corrected chi connectivity index (χ2v) is 16.0. The first-order chi connectivity index (χ1) is 27.6. The van der Waals surface area contributed by atoms with Gasteiger partial charge in [-0.2, -0.15) is 5.26 Å². The molecule has 14 heteroatoms. The minimum absolute atomic E-state index is 0.0319. The van der Waals surface area contributed by atoms with Crippen molar-refractivity contribution >= 4 is 52.5 Å². The van der Waals surface area contributed by atoms with Gasteiger partial charge in [-0.15, -0.1) is 0 Å². The van der Waals surface area contributed by atoms with Crippen LogP contribution in [0.15, 0.2) is 60.7 Å². The standard InChI is InChI=1S/C43H46ClN7O6/c44-37-25-34(11-6-28(37)26-45)57-33-3-1-2-29(7-12-33)46-40(53)27-4-8-30(9-5-27)48-18-16-31(17-19-48)49-20-22-50(23-21-49)32-10-13-35-36(24-32)43(56)51(42(35)55)38-14-15-39(52)47-41(38)54/h4-6,8-11,13,24-25,29,31,33,38H,1-3,7,12,14-23H2,(H,46,53)(H,47,52,54). The van der Waals surface area contributed by atoms with E-state index in [0.29, 0.717) is 39.1 Å². The Morgan fingerprint density at radius 3 is 2.21 bits per heavy atom. The molecule has 4 heterocycles. The molecular weight excluding hydrogens is 746 g/mol. The molecule has 1 saturated carbocycles. The second kappa shape index (κ2) is 16.6. The van der Waals surface area contributed by atoms with Gasteiger partial charge < -0.3 is 19.9 Å². The number of nitriles is 1. The van der Waals surface area contributed by atoms with Crippen LogP contribution in [0.5, 0.6) is 5.75 Å². The zero-order valence-corrected chi connectivity index (χ0v) is 32.5. The lowest BCUT2D eigenvalue weighted by Crippen LogP contribution is -2.54. The molecule has 8 rings (SSSR count). The van der Waals surface area contributed by atoms with Crippen molar-refractivity contribution in [1.82, 2.24) is 20.4 Å². The van der Waals surface area contributed by atoms with Gasteiger partial charge >= 0.3 is 0 Å². The largest absolute Gasteiger partial charge is 0.490 e. The van der Waals surface area contributed by atoms with Gasteiger partial charge in [-0.05, 0) is 106 Å². The minimum Gasteiger partial charge on any atom is -0.490 e. The van der Waals surface area contributed by atoms with Crippen molar-refractivity contribution in [1.29, 1.82) is 5.26 Å². The number of ether oxygens (including phenoxy) is 1. The van der Waals surface area contributed by atoms with Crippen molar-refractivity contribution in [2.75, 3.05) is 49.1 Å².